The summed E-state index contributed by atoms with van der Waals surface area (Å²) in [7, 11) is -4.09. The van der Waals surface area contributed by atoms with Crippen LogP contribution in [0.25, 0.3) is 0 Å². The Labute approximate surface area is 186 Å². The van der Waals surface area contributed by atoms with Crippen molar-refractivity contribution in [2.75, 3.05) is 32.8 Å². The smallest absolute Gasteiger partial charge is 0.322 e. The predicted octanol–water partition coefficient (Wildman–Crippen LogP) is 2.53. The first-order valence-corrected chi connectivity index (χ1v) is 11.7. The molecule has 0 spiro atoms. The van der Waals surface area contributed by atoms with E-state index in [1.54, 1.807) is 20.8 Å². The Hall–Kier alpha value is -2.52. The van der Waals surface area contributed by atoms with Crippen molar-refractivity contribution in [3.63, 3.8) is 0 Å². The molecule has 0 saturated heterocycles. The number of hydrogen-bond donors (Lipinski definition) is 1. The standard InChI is InChI=1S/C23H32N2O5S/c1-6-9-18-30-20-12-14-21(15-13-20)31(28,29)25(22(19(4)5)23(26)27)17-11-10-16-24(7-2)8-3/h12-15,19,22H,7-8,16-18H2,1-5H3,(H,26,27). The van der Waals surface area contributed by atoms with Gasteiger partial charge < -0.3 is 9.84 Å². The highest BCUT2D eigenvalue weighted by atomic mass is 32.2. The average molecular weight is 449 g/mol. The maximum atomic E-state index is 13.3. The van der Waals surface area contributed by atoms with Crippen molar-refractivity contribution in [1.29, 1.82) is 0 Å². The molecule has 0 aliphatic carbocycles. The summed E-state index contributed by atoms with van der Waals surface area (Å²) < 4.78 is 33.0. The van der Waals surface area contributed by atoms with E-state index in [-0.39, 0.29) is 18.0 Å². The second kappa shape index (κ2) is 13.0. The summed E-state index contributed by atoms with van der Waals surface area (Å²) in [4.78, 5) is 14.0. The summed E-state index contributed by atoms with van der Waals surface area (Å²) in [5.41, 5.74) is 0. The third-order valence-electron chi connectivity index (χ3n) is 4.67. The van der Waals surface area contributed by atoms with Crippen molar-refractivity contribution in [3.05, 3.63) is 24.3 Å². The Morgan fingerprint density at radius 3 is 2.13 bits per heavy atom. The number of hydrogen-bond acceptors (Lipinski definition) is 5. The van der Waals surface area contributed by atoms with Gasteiger partial charge >= 0.3 is 5.97 Å². The Balaban J connectivity index is 3.21. The highest BCUT2D eigenvalue weighted by Gasteiger charge is 2.37. The van der Waals surface area contributed by atoms with Crippen LogP contribution in [0.15, 0.2) is 29.2 Å². The van der Waals surface area contributed by atoms with Gasteiger partial charge in [-0.15, -0.1) is 5.92 Å². The molecule has 0 aliphatic heterocycles. The molecule has 1 aromatic carbocycles. The highest BCUT2D eigenvalue weighted by molar-refractivity contribution is 7.89. The van der Waals surface area contributed by atoms with Crippen LogP contribution in [0.1, 0.15) is 34.6 Å². The van der Waals surface area contributed by atoms with E-state index in [4.69, 9.17) is 4.74 Å². The Morgan fingerprint density at radius 1 is 1.06 bits per heavy atom. The summed E-state index contributed by atoms with van der Waals surface area (Å²) in [6.07, 6.45) is 0. The molecule has 31 heavy (non-hydrogen) atoms. The number of sulfonamides is 1. The fourth-order valence-electron chi connectivity index (χ4n) is 2.86. The van der Waals surface area contributed by atoms with Gasteiger partial charge in [-0.2, -0.15) is 4.31 Å². The molecule has 0 bridgehead atoms. The zero-order chi connectivity index (χ0) is 23.4. The van der Waals surface area contributed by atoms with Crippen LogP contribution in [0.3, 0.4) is 0 Å². The van der Waals surface area contributed by atoms with E-state index in [0.29, 0.717) is 12.3 Å². The van der Waals surface area contributed by atoms with Gasteiger partial charge in [-0.3, -0.25) is 9.69 Å². The molecule has 1 N–H and O–H groups in total. The van der Waals surface area contributed by atoms with Crippen molar-refractivity contribution in [2.24, 2.45) is 5.92 Å². The van der Waals surface area contributed by atoms with E-state index in [2.05, 4.69) is 28.6 Å². The Morgan fingerprint density at radius 2 is 1.65 bits per heavy atom. The molecule has 0 heterocycles. The molecule has 1 rings (SSSR count). The lowest BCUT2D eigenvalue weighted by Gasteiger charge is -2.29. The second-order valence-corrected chi connectivity index (χ2v) is 8.97. The fraction of sp³-hybridized carbons (Fsp3) is 0.522. The van der Waals surface area contributed by atoms with E-state index in [1.165, 1.54) is 24.3 Å². The van der Waals surface area contributed by atoms with Crippen LogP contribution < -0.4 is 4.74 Å². The molecule has 8 heteroatoms. The molecule has 0 aliphatic rings. The third-order valence-corrected chi connectivity index (χ3v) is 6.51. The van der Waals surface area contributed by atoms with Crippen molar-refractivity contribution >= 4 is 16.0 Å². The van der Waals surface area contributed by atoms with Gasteiger partial charge in [0, 0.05) is 0 Å². The number of carboxylic acids is 1. The molecular formula is C23H32N2O5S. The van der Waals surface area contributed by atoms with Crippen molar-refractivity contribution in [2.45, 2.75) is 45.6 Å². The molecule has 0 saturated carbocycles. The van der Waals surface area contributed by atoms with E-state index >= 15 is 0 Å². The van der Waals surface area contributed by atoms with Crippen molar-refractivity contribution in [3.8, 4) is 29.4 Å². The summed E-state index contributed by atoms with van der Waals surface area (Å²) >= 11 is 0. The number of aliphatic carboxylic acids is 1. The summed E-state index contributed by atoms with van der Waals surface area (Å²) in [6.45, 7) is 11.2. The van der Waals surface area contributed by atoms with Crippen LogP contribution >= 0.6 is 0 Å². The maximum absolute atomic E-state index is 13.3. The molecule has 0 radical (unpaired) electrons. The quantitative estimate of drug-likeness (QED) is 0.524. The van der Waals surface area contributed by atoms with Crippen LogP contribution in [0.2, 0.25) is 0 Å². The molecular weight excluding hydrogens is 416 g/mol. The lowest BCUT2D eigenvalue weighted by Crippen LogP contribution is -2.48. The van der Waals surface area contributed by atoms with E-state index in [9.17, 15) is 18.3 Å². The number of benzene rings is 1. The zero-order valence-corrected chi connectivity index (χ0v) is 19.7. The molecule has 7 nitrogen and oxygen atoms in total. The second-order valence-electron chi connectivity index (χ2n) is 7.08. The average Bonchev–Trinajstić information content (AvgIpc) is 2.72. The number of rotatable bonds is 11. The van der Waals surface area contributed by atoms with E-state index in [0.717, 1.165) is 17.4 Å². The van der Waals surface area contributed by atoms with Crippen LogP contribution in [-0.4, -0.2) is 67.5 Å². The van der Waals surface area contributed by atoms with Gasteiger partial charge in [0.2, 0.25) is 10.0 Å². The van der Waals surface area contributed by atoms with Gasteiger partial charge in [-0.05, 0) is 50.2 Å². The molecule has 1 aromatic rings. The SMILES string of the molecule is CC#CCOc1ccc(S(=O)(=O)N(CC#CCN(CC)CC)C(C(=O)O)C(C)C)cc1. The minimum atomic E-state index is -4.09. The number of nitrogens with zero attached hydrogens (tertiary/aromatic N) is 2. The topological polar surface area (TPSA) is 87.2 Å². The minimum absolute atomic E-state index is 0.0149. The lowest BCUT2D eigenvalue weighted by atomic mass is 10.1. The van der Waals surface area contributed by atoms with Gasteiger partial charge in [-0.25, -0.2) is 8.42 Å². The van der Waals surface area contributed by atoms with Gasteiger partial charge in [0.1, 0.15) is 18.4 Å². The first-order chi connectivity index (χ1) is 14.7. The van der Waals surface area contributed by atoms with Crippen LogP contribution in [0, 0.1) is 29.6 Å². The van der Waals surface area contributed by atoms with Crippen molar-refractivity contribution in [1.82, 2.24) is 9.21 Å². The molecule has 0 fully saturated rings. The first kappa shape index (κ1) is 26.5. The number of carboxylic acid groups (broad SMARTS) is 1. The van der Waals surface area contributed by atoms with E-state index in [1.807, 2.05) is 13.8 Å². The van der Waals surface area contributed by atoms with Gasteiger partial charge in [0.05, 0.1) is 18.0 Å². The maximum Gasteiger partial charge on any atom is 0.322 e. The lowest BCUT2D eigenvalue weighted by molar-refractivity contribution is -0.142. The highest BCUT2D eigenvalue weighted by Crippen LogP contribution is 2.24. The Kier molecular flexibility index (Phi) is 11.1. The summed E-state index contributed by atoms with van der Waals surface area (Å²) in [5, 5.41) is 9.71. The zero-order valence-electron chi connectivity index (χ0n) is 18.9. The van der Waals surface area contributed by atoms with Gasteiger partial charge in [0.25, 0.3) is 0 Å². The Bertz CT molecular complexity index is 930. The summed E-state index contributed by atoms with van der Waals surface area (Å²) in [6, 6.07) is 4.63. The summed E-state index contributed by atoms with van der Waals surface area (Å²) in [5.74, 6) is 10.1. The third kappa shape index (κ3) is 7.91. The number of ether oxygens (including phenoxy) is 1. The first-order valence-electron chi connectivity index (χ1n) is 10.2. The van der Waals surface area contributed by atoms with Crippen molar-refractivity contribution < 1.29 is 23.1 Å². The molecule has 0 aromatic heterocycles. The fourth-order valence-corrected chi connectivity index (χ4v) is 4.48. The normalized spacial score (nSPS) is 12.1. The predicted molar refractivity (Wildman–Crippen MR) is 121 cm³/mol. The van der Waals surface area contributed by atoms with E-state index < -0.39 is 28.0 Å². The molecule has 0 amide bonds. The largest absolute Gasteiger partial charge is 0.481 e. The van der Waals surface area contributed by atoms with Gasteiger partial charge in [-0.1, -0.05) is 45.5 Å². The molecule has 170 valence electrons. The molecule has 1 atom stereocenters. The monoisotopic (exact) mass is 448 g/mol. The number of carbonyl (C=O) groups is 1. The van der Waals surface area contributed by atoms with Crippen LogP contribution in [0.4, 0.5) is 0 Å². The van der Waals surface area contributed by atoms with Crippen LogP contribution in [0.5, 0.6) is 5.75 Å². The van der Waals surface area contributed by atoms with Crippen LogP contribution in [-0.2, 0) is 14.8 Å². The van der Waals surface area contributed by atoms with Gasteiger partial charge in [0.15, 0.2) is 0 Å². The molecule has 1 unspecified atom stereocenters. The minimum Gasteiger partial charge on any atom is -0.481 e.